The molecule has 5 heteroatoms. The first-order valence-corrected chi connectivity index (χ1v) is 4.52. The predicted octanol–water partition coefficient (Wildman–Crippen LogP) is 2.62. The minimum Gasteiger partial charge on any atom is -0.507 e. The molecule has 0 fully saturated rings. The third-order valence-corrected chi connectivity index (χ3v) is 2.56. The predicted molar refractivity (Wildman–Crippen MR) is 50.5 cm³/mol. The number of benzene rings is 1. The van der Waals surface area contributed by atoms with E-state index in [-0.39, 0.29) is 11.3 Å². The van der Waals surface area contributed by atoms with E-state index < -0.39 is 5.97 Å². The van der Waals surface area contributed by atoms with Crippen molar-refractivity contribution in [1.82, 2.24) is 0 Å². The van der Waals surface area contributed by atoms with Crippen LogP contribution in [0, 0.1) is 0 Å². The quantitative estimate of drug-likeness (QED) is 0.837. The van der Waals surface area contributed by atoms with Crippen molar-refractivity contribution in [2.45, 2.75) is 0 Å². The lowest BCUT2D eigenvalue weighted by molar-refractivity contribution is 0.0695. The summed E-state index contributed by atoms with van der Waals surface area (Å²) >= 11 is 6.12. The average molecular weight is 296 g/mol. The molecule has 0 spiro atoms. The summed E-state index contributed by atoms with van der Waals surface area (Å²) in [6.45, 7) is 0. The zero-order valence-electron chi connectivity index (χ0n) is 5.71. The Hall–Kier alpha value is -0.550. The molecule has 0 bridgehead atoms. The molecule has 0 aliphatic carbocycles. The van der Waals surface area contributed by atoms with E-state index >= 15 is 0 Å². The number of carboxylic acid groups (broad SMARTS) is 1. The van der Waals surface area contributed by atoms with Gasteiger partial charge in [-0.25, -0.2) is 4.79 Å². The molecule has 0 aromatic heterocycles. The van der Waals surface area contributed by atoms with Gasteiger partial charge in [0.25, 0.3) is 0 Å². The third-order valence-electron chi connectivity index (χ3n) is 1.27. The summed E-state index contributed by atoms with van der Waals surface area (Å²) in [7, 11) is 0. The first-order chi connectivity index (χ1) is 5.52. The van der Waals surface area contributed by atoms with Crippen LogP contribution >= 0.6 is 31.9 Å². The lowest BCUT2D eigenvalue weighted by Crippen LogP contribution is -1.97. The number of carboxylic acids is 1. The fourth-order valence-corrected chi connectivity index (χ4v) is 1.86. The smallest absolute Gasteiger partial charge is 0.336 e. The van der Waals surface area contributed by atoms with Crippen LogP contribution in [0.5, 0.6) is 5.75 Å². The fourth-order valence-electron chi connectivity index (χ4n) is 0.701. The third kappa shape index (κ3) is 1.78. The van der Waals surface area contributed by atoms with Gasteiger partial charge in [-0.2, -0.15) is 0 Å². The molecule has 3 nitrogen and oxygen atoms in total. The van der Waals surface area contributed by atoms with E-state index in [1.165, 1.54) is 12.1 Å². The molecular formula is C7H4Br2O3. The van der Waals surface area contributed by atoms with Crippen LogP contribution in [0.25, 0.3) is 0 Å². The highest BCUT2D eigenvalue weighted by Crippen LogP contribution is 2.30. The van der Waals surface area contributed by atoms with Crippen molar-refractivity contribution in [2.24, 2.45) is 0 Å². The lowest BCUT2D eigenvalue weighted by atomic mass is 10.2. The first-order valence-electron chi connectivity index (χ1n) is 2.93. The number of phenolic OH excluding ortho intramolecular Hbond substituents is 1. The van der Waals surface area contributed by atoms with Crippen LogP contribution < -0.4 is 0 Å². The second kappa shape index (κ2) is 3.45. The summed E-state index contributed by atoms with van der Waals surface area (Å²) < 4.78 is 0.888. The van der Waals surface area contributed by atoms with Gasteiger partial charge in [0.05, 0.1) is 10.0 Å². The molecule has 0 heterocycles. The molecular weight excluding hydrogens is 292 g/mol. The average Bonchev–Trinajstić information content (AvgIpc) is 1.96. The number of carbonyl (C=O) groups is 1. The molecule has 1 rings (SSSR count). The molecule has 0 aliphatic rings. The Balaban J connectivity index is 3.33. The van der Waals surface area contributed by atoms with Crippen LogP contribution in [-0.4, -0.2) is 16.2 Å². The normalized spacial score (nSPS) is 9.83. The maximum Gasteiger partial charge on any atom is 0.336 e. The number of hydrogen-bond acceptors (Lipinski definition) is 2. The van der Waals surface area contributed by atoms with E-state index in [9.17, 15) is 4.79 Å². The summed E-state index contributed by atoms with van der Waals surface area (Å²) in [6.07, 6.45) is 0. The Morgan fingerprint density at radius 2 is 1.83 bits per heavy atom. The summed E-state index contributed by atoms with van der Waals surface area (Å²) in [5.74, 6) is -1.17. The number of aromatic carboxylic acids is 1. The van der Waals surface area contributed by atoms with Crippen molar-refractivity contribution in [3.8, 4) is 5.75 Å². The molecule has 0 unspecified atom stereocenters. The highest BCUT2D eigenvalue weighted by Gasteiger charge is 2.11. The molecule has 0 radical (unpaired) electrons. The van der Waals surface area contributed by atoms with Gasteiger partial charge >= 0.3 is 5.97 Å². The Kier molecular flexibility index (Phi) is 2.74. The second-order valence-electron chi connectivity index (χ2n) is 2.09. The molecule has 0 saturated carbocycles. The molecule has 1 aromatic carbocycles. The Morgan fingerprint density at radius 1 is 1.25 bits per heavy atom. The molecule has 0 atom stereocenters. The molecule has 0 amide bonds. The fraction of sp³-hybridized carbons (Fsp3) is 0. The van der Waals surface area contributed by atoms with Gasteiger partial charge in [0.2, 0.25) is 0 Å². The Morgan fingerprint density at radius 3 is 2.33 bits per heavy atom. The summed E-state index contributed by atoms with van der Waals surface area (Å²) in [6, 6.07) is 2.66. The van der Waals surface area contributed by atoms with E-state index in [4.69, 9.17) is 10.2 Å². The van der Waals surface area contributed by atoms with Crippen molar-refractivity contribution in [1.29, 1.82) is 0 Å². The second-order valence-corrected chi connectivity index (χ2v) is 3.80. The van der Waals surface area contributed by atoms with Crippen LogP contribution in [-0.2, 0) is 0 Å². The minimum atomic E-state index is -1.08. The number of hydrogen-bond donors (Lipinski definition) is 2. The van der Waals surface area contributed by atoms with Gasteiger partial charge < -0.3 is 10.2 Å². The van der Waals surface area contributed by atoms with Gasteiger partial charge in [0.15, 0.2) is 0 Å². The maximum absolute atomic E-state index is 10.5. The standard InChI is InChI=1S/C7H4Br2O3/c8-4-2-5(9)6(10)1-3(4)7(11)12/h1-2,10H,(H,11,12). The van der Waals surface area contributed by atoms with Crippen molar-refractivity contribution in [3.05, 3.63) is 26.6 Å². The van der Waals surface area contributed by atoms with Crippen molar-refractivity contribution >= 4 is 37.8 Å². The van der Waals surface area contributed by atoms with Crippen molar-refractivity contribution in [2.75, 3.05) is 0 Å². The Bertz CT molecular complexity index is 336. The molecule has 1 aromatic rings. The maximum atomic E-state index is 10.5. The van der Waals surface area contributed by atoms with E-state index in [0.717, 1.165) is 0 Å². The van der Waals surface area contributed by atoms with Crippen LogP contribution in [0.3, 0.4) is 0 Å². The number of aromatic hydroxyl groups is 1. The van der Waals surface area contributed by atoms with E-state index in [0.29, 0.717) is 8.95 Å². The lowest BCUT2D eigenvalue weighted by Gasteiger charge is -2.01. The van der Waals surface area contributed by atoms with E-state index in [1.54, 1.807) is 0 Å². The SMILES string of the molecule is O=C(O)c1cc(O)c(Br)cc1Br. The van der Waals surface area contributed by atoms with Gasteiger partial charge in [0.1, 0.15) is 5.75 Å². The van der Waals surface area contributed by atoms with Gasteiger partial charge in [-0.3, -0.25) is 0 Å². The van der Waals surface area contributed by atoms with Crippen LogP contribution in [0.2, 0.25) is 0 Å². The Labute approximate surface area is 85.3 Å². The zero-order valence-corrected chi connectivity index (χ0v) is 8.89. The number of phenols is 1. The van der Waals surface area contributed by atoms with Crippen molar-refractivity contribution in [3.63, 3.8) is 0 Å². The molecule has 0 saturated heterocycles. The number of rotatable bonds is 1. The van der Waals surface area contributed by atoms with E-state index in [1.807, 2.05) is 0 Å². The highest BCUT2D eigenvalue weighted by atomic mass is 79.9. The topological polar surface area (TPSA) is 57.5 Å². The largest absolute Gasteiger partial charge is 0.507 e. The summed E-state index contributed by atoms with van der Waals surface area (Å²) in [5.41, 5.74) is 0.0377. The molecule has 64 valence electrons. The summed E-state index contributed by atoms with van der Waals surface area (Å²) in [5, 5.41) is 17.8. The molecule has 12 heavy (non-hydrogen) atoms. The molecule has 0 aliphatic heterocycles. The molecule has 2 N–H and O–H groups in total. The summed E-state index contributed by atoms with van der Waals surface area (Å²) in [4.78, 5) is 10.5. The zero-order chi connectivity index (χ0) is 9.30. The first kappa shape index (κ1) is 9.54. The highest BCUT2D eigenvalue weighted by molar-refractivity contribution is 9.11. The van der Waals surface area contributed by atoms with Crippen molar-refractivity contribution < 1.29 is 15.0 Å². The van der Waals surface area contributed by atoms with Crippen LogP contribution in [0.1, 0.15) is 10.4 Å². The minimum absolute atomic E-state index is 0.0377. The van der Waals surface area contributed by atoms with Gasteiger partial charge in [-0.05, 0) is 44.0 Å². The van der Waals surface area contributed by atoms with Gasteiger partial charge in [0, 0.05) is 4.47 Å². The van der Waals surface area contributed by atoms with Gasteiger partial charge in [-0.15, -0.1) is 0 Å². The monoisotopic (exact) mass is 294 g/mol. The number of halogens is 2. The van der Waals surface area contributed by atoms with E-state index in [2.05, 4.69) is 31.9 Å². The van der Waals surface area contributed by atoms with Gasteiger partial charge in [-0.1, -0.05) is 0 Å². The van der Waals surface area contributed by atoms with Crippen LogP contribution in [0.4, 0.5) is 0 Å². The van der Waals surface area contributed by atoms with Crippen LogP contribution in [0.15, 0.2) is 21.1 Å².